The van der Waals surface area contributed by atoms with Crippen molar-refractivity contribution in [3.63, 3.8) is 0 Å². The third-order valence-electron chi connectivity index (χ3n) is 8.77. The number of hydrogen-bond donors (Lipinski definition) is 2. The van der Waals surface area contributed by atoms with Gasteiger partial charge in [-0.1, -0.05) is 68.8 Å². The summed E-state index contributed by atoms with van der Waals surface area (Å²) in [6.07, 6.45) is 2.81. The summed E-state index contributed by atoms with van der Waals surface area (Å²) < 4.78 is 8.06. The van der Waals surface area contributed by atoms with Gasteiger partial charge in [-0.2, -0.15) is 5.10 Å². The van der Waals surface area contributed by atoms with E-state index in [1.165, 1.54) is 0 Å². The van der Waals surface area contributed by atoms with Gasteiger partial charge in [0.15, 0.2) is 0 Å². The molecule has 1 saturated heterocycles. The number of hydrogen-bond acceptors (Lipinski definition) is 5. The molecule has 2 heterocycles. The van der Waals surface area contributed by atoms with Gasteiger partial charge in [0.2, 0.25) is 5.91 Å². The zero-order valence-corrected chi connectivity index (χ0v) is 27.3. The van der Waals surface area contributed by atoms with Crippen LogP contribution in [0.15, 0.2) is 72.8 Å². The number of anilines is 2. The molecule has 6 rings (SSSR count). The third kappa shape index (κ3) is 7.26. The first-order valence-electron chi connectivity index (χ1n) is 16.2. The van der Waals surface area contributed by atoms with Crippen molar-refractivity contribution in [1.29, 1.82) is 0 Å². The zero-order valence-electron chi connectivity index (χ0n) is 27.3. The maximum atomic E-state index is 13.3. The minimum Gasteiger partial charge on any atom is -0.492 e. The first-order chi connectivity index (χ1) is 22.1. The van der Waals surface area contributed by atoms with Crippen molar-refractivity contribution in [3.8, 4) is 11.4 Å². The second kappa shape index (κ2) is 13.4. The lowest BCUT2D eigenvalue weighted by Gasteiger charge is -2.34. The summed E-state index contributed by atoms with van der Waals surface area (Å²) in [5.74, 6) is 1.63. The Morgan fingerprint density at radius 1 is 0.935 bits per heavy atom. The predicted molar refractivity (Wildman–Crippen MR) is 182 cm³/mol. The number of rotatable bonds is 9. The average molecular weight is 621 g/mol. The highest BCUT2D eigenvalue weighted by Gasteiger charge is 2.26. The van der Waals surface area contributed by atoms with Crippen LogP contribution in [0.3, 0.4) is 0 Å². The van der Waals surface area contributed by atoms with Gasteiger partial charge in [0.05, 0.1) is 17.9 Å². The number of benzene rings is 3. The number of nitrogens with zero attached hydrogens (tertiary/aromatic N) is 4. The number of carbonyl (C=O) groups excluding carboxylic acids is 2. The fraction of sp³-hybridized carbons (Fsp3) is 0.378. The highest BCUT2D eigenvalue weighted by Crippen LogP contribution is 2.36. The van der Waals surface area contributed by atoms with Gasteiger partial charge in [-0.25, -0.2) is 9.48 Å². The van der Waals surface area contributed by atoms with E-state index in [1.54, 1.807) is 4.68 Å². The highest BCUT2D eigenvalue weighted by molar-refractivity contribution is 6.00. The monoisotopic (exact) mass is 620 g/mol. The van der Waals surface area contributed by atoms with Crippen molar-refractivity contribution in [2.45, 2.75) is 58.9 Å². The molecule has 9 nitrogen and oxygen atoms in total. The quantitative estimate of drug-likeness (QED) is 0.228. The molecule has 3 amide bonds. The van der Waals surface area contributed by atoms with Crippen molar-refractivity contribution in [1.82, 2.24) is 19.6 Å². The van der Waals surface area contributed by atoms with Crippen LogP contribution >= 0.6 is 0 Å². The molecule has 0 spiro atoms. The lowest BCUT2D eigenvalue weighted by Crippen LogP contribution is -2.50. The molecule has 4 aromatic rings. The first-order valence-corrected chi connectivity index (χ1v) is 16.2. The topological polar surface area (TPSA) is 91.7 Å². The van der Waals surface area contributed by atoms with Crippen molar-refractivity contribution in [3.05, 3.63) is 101 Å². The Hall–Kier alpha value is -4.63. The van der Waals surface area contributed by atoms with E-state index in [4.69, 9.17) is 9.84 Å². The number of aromatic nitrogens is 2. The lowest BCUT2D eigenvalue weighted by atomic mass is 9.92. The minimum absolute atomic E-state index is 0.154. The minimum atomic E-state index is -0.312. The van der Waals surface area contributed by atoms with Crippen LogP contribution in [0.1, 0.15) is 55.1 Å². The smallest absolute Gasteiger partial charge is 0.324 e. The molecule has 0 atom stereocenters. The van der Waals surface area contributed by atoms with Gasteiger partial charge in [0.1, 0.15) is 18.2 Å². The molecule has 3 aromatic carbocycles. The van der Waals surface area contributed by atoms with E-state index < -0.39 is 0 Å². The van der Waals surface area contributed by atoms with Crippen LogP contribution in [0.2, 0.25) is 0 Å². The molecule has 46 heavy (non-hydrogen) atoms. The van der Waals surface area contributed by atoms with Gasteiger partial charge in [-0.05, 0) is 67.1 Å². The summed E-state index contributed by atoms with van der Waals surface area (Å²) >= 11 is 0. The van der Waals surface area contributed by atoms with Gasteiger partial charge in [0.25, 0.3) is 0 Å². The number of amides is 3. The standard InChI is InChI=1S/C37H44N6O3/c1-26-13-15-28(16-14-26)43-34(23-33(40-43)37(2,3)4)39-36(45)38-31-17-18-32(30-12-8-11-29(30)31)46-22-21-41-19-20-42(35(44)25-41)24-27-9-6-5-7-10-27/h5-7,9-10,13-18,23H,8,11-12,19-22,24-25H2,1-4H3,(H2,38,39,45). The summed E-state index contributed by atoms with van der Waals surface area (Å²) in [5.41, 5.74) is 7.00. The maximum absolute atomic E-state index is 13.3. The van der Waals surface area contributed by atoms with Gasteiger partial charge >= 0.3 is 6.03 Å². The highest BCUT2D eigenvalue weighted by atomic mass is 16.5. The SMILES string of the molecule is Cc1ccc(-n2nc(C(C)(C)C)cc2NC(=O)Nc2ccc(OCCN3CCN(Cc4ccccc4)C(=O)C3)c3c2CCC3)cc1. The molecular formula is C37H44N6O3. The Labute approximate surface area is 271 Å². The summed E-state index contributed by atoms with van der Waals surface area (Å²) in [6.45, 7) is 12.2. The van der Waals surface area contributed by atoms with Crippen LogP contribution in [0.5, 0.6) is 5.75 Å². The molecule has 2 N–H and O–H groups in total. The van der Waals surface area contributed by atoms with Gasteiger partial charge in [-0.15, -0.1) is 0 Å². The third-order valence-corrected chi connectivity index (χ3v) is 8.77. The summed E-state index contributed by atoms with van der Waals surface area (Å²) in [6, 6.07) is 23.7. The normalized spacial score (nSPS) is 15.1. The largest absolute Gasteiger partial charge is 0.492 e. The number of ether oxygens (including phenoxy) is 1. The number of fused-ring (bicyclic) bond motifs is 1. The van der Waals surface area contributed by atoms with Gasteiger partial charge in [-0.3, -0.25) is 15.0 Å². The fourth-order valence-electron chi connectivity index (χ4n) is 6.12. The lowest BCUT2D eigenvalue weighted by molar-refractivity contribution is -0.136. The number of nitrogens with one attached hydrogen (secondary N) is 2. The van der Waals surface area contributed by atoms with E-state index in [1.807, 2.05) is 72.5 Å². The van der Waals surface area contributed by atoms with E-state index in [2.05, 4.69) is 48.4 Å². The molecule has 0 bridgehead atoms. The summed E-state index contributed by atoms with van der Waals surface area (Å²) in [5, 5.41) is 11.0. The Bertz CT molecular complexity index is 1690. The Morgan fingerprint density at radius 3 is 2.43 bits per heavy atom. The van der Waals surface area contributed by atoms with Crippen LogP contribution in [0.25, 0.3) is 5.69 Å². The zero-order chi connectivity index (χ0) is 32.3. The Morgan fingerprint density at radius 2 is 1.70 bits per heavy atom. The molecule has 0 saturated carbocycles. The van der Waals surface area contributed by atoms with Gasteiger partial charge in [0, 0.05) is 43.3 Å². The predicted octanol–water partition coefficient (Wildman–Crippen LogP) is 6.33. The molecule has 2 aliphatic rings. The second-order valence-corrected chi connectivity index (χ2v) is 13.3. The van der Waals surface area contributed by atoms with E-state index in [0.717, 1.165) is 77.4 Å². The van der Waals surface area contributed by atoms with Crippen LogP contribution < -0.4 is 15.4 Å². The molecular weight excluding hydrogens is 576 g/mol. The Kier molecular flexibility index (Phi) is 9.12. The first kappa shape index (κ1) is 31.4. The average Bonchev–Trinajstić information content (AvgIpc) is 3.69. The number of aryl methyl sites for hydroxylation is 1. The number of carbonyl (C=O) groups is 2. The molecule has 1 aliphatic heterocycles. The van der Waals surface area contributed by atoms with E-state index in [0.29, 0.717) is 32.1 Å². The molecule has 9 heteroatoms. The summed E-state index contributed by atoms with van der Waals surface area (Å²) in [7, 11) is 0. The maximum Gasteiger partial charge on any atom is 0.324 e. The van der Waals surface area contributed by atoms with Crippen LogP contribution in [0, 0.1) is 6.92 Å². The molecule has 0 unspecified atom stereocenters. The molecule has 0 radical (unpaired) electrons. The molecule has 1 aliphatic carbocycles. The summed E-state index contributed by atoms with van der Waals surface area (Å²) in [4.78, 5) is 30.2. The number of urea groups is 1. The van der Waals surface area contributed by atoms with Crippen molar-refractivity contribution >= 4 is 23.4 Å². The van der Waals surface area contributed by atoms with Crippen LogP contribution in [-0.4, -0.2) is 64.3 Å². The molecule has 240 valence electrons. The van der Waals surface area contributed by atoms with Crippen molar-refractivity contribution < 1.29 is 14.3 Å². The van der Waals surface area contributed by atoms with Crippen molar-refractivity contribution in [2.24, 2.45) is 0 Å². The van der Waals surface area contributed by atoms with E-state index in [9.17, 15) is 9.59 Å². The molecule has 1 aromatic heterocycles. The second-order valence-electron chi connectivity index (χ2n) is 13.3. The Balaban J connectivity index is 1.06. The van der Waals surface area contributed by atoms with Crippen LogP contribution in [-0.2, 0) is 29.6 Å². The van der Waals surface area contributed by atoms with E-state index >= 15 is 0 Å². The fourth-order valence-corrected chi connectivity index (χ4v) is 6.12. The van der Waals surface area contributed by atoms with Crippen LogP contribution in [0.4, 0.5) is 16.3 Å². The molecule has 1 fully saturated rings. The van der Waals surface area contributed by atoms with Gasteiger partial charge < -0.3 is 15.0 Å². The van der Waals surface area contributed by atoms with Crippen molar-refractivity contribution in [2.75, 3.05) is 43.4 Å². The van der Waals surface area contributed by atoms with E-state index in [-0.39, 0.29) is 17.4 Å². The number of piperazine rings is 1.